The second-order valence-electron chi connectivity index (χ2n) is 10.1. The summed E-state index contributed by atoms with van der Waals surface area (Å²) in [4.78, 5) is 12.9. The Labute approximate surface area is 273 Å². The molecule has 0 aliphatic carbocycles. The van der Waals surface area contributed by atoms with Crippen LogP contribution in [0, 0.1) is 12.0 Å². The van der Waals surface area contributed by atoms with Crippen LogP contribution >= 0.6 is 23.4 Å². The monoisotopic (exact) mass is 655 g/mol. The number of carbonyl (C=O) groups excluding carboxylic acids is 1. The number of amides is 1. The van der Waals surface area contributed by atoms with E-state index in [0.29, 0.717) is 64.2 Å². The molecule has 1 saturated heterocycles. The summed E-state index contributed by atoms with van der Waals surface area (Å²) < 4.78 is 34.9. The smallest absolute Gasteiger partial charge is 0.257 e. The van der Waals surface area contributed by atoms with E-state index in [2.05, 4.69) is 12.0 Å². The number of hydroxylamine groups is 2. The summed E-state index contributed by atoms with van der Waals surface area (Å²) in [6.45, 7) is 2.56. The molecule has 1 fully saturated rings. The van der Waals surface area contributed by atoms with Crippen LogP contribution in [0.2, 0.25) is 5.02 Å². The van der Waals surface area contributed by atoms with E-state index < -0.39 is 5.91 Å². The maximum Gasteiger partial charge on any atom is 0.257 e. The quantitative estimate of drug-likeness (QED) is 0.0526. The van der Waals surface area contributed by atoms with Crippen LogP contribution in [0.5, 0.6) is 28.7 Å². The number of benzene rings is 3. The van der Waals surface area contributed by atoms with Crippen LogP contribution in [0.15, 0.2) is 53.4 Å². The second-order valence-corrected chi connectivity index (χ2v) is 11.7. The molecule has 9 nitrogen and oxygen atoms in total. The van der Waals surface area contributed by atoms with Gasteiger partial charge in [-0.1, -0.05) is 30.5 Å². The van der Waals surface area contributed by atoms with Gasteiger partial charge in [0.1, 0.15) is 0 Å². The predicted octanol–water partition coefficient (Wildman–Crippen LogP) is 6.92. The van der Waals surface area contributed by atoms with Crippen LogP contribution in [0.25, 0.3) is 0 Å². The van der Waals surface area contributed by atoms with Crippen LogP contribution in [0.1, 0.15) is 48.5 Å². The van der Waals surface area contributed by atoms with E-state index in [0.717, 1.165) is 21.6 Å². The van der Waals surface area contributed by atoms with Gasteiger partial charge in [-0.05, 0) is 60.0 Å². The van der Waals surface area contributed by atoms with E-state index in [1.807, 2.05) is 48.5 Å². The zero-order valence-corrected chi connectivity index (χ0v) is 27.6. The lowest BCUT2D eigenvalue weighted by Crippen LogP contribution is -2.20. The Hall–Kier alpha value is -3.75. The predicted molar refractivity (Wildman–Crippen MR) is 173 cm³/mol. The minimum atomic E-state index is -0.481. The highest BCUT2D eigenvalue weighted by molar-refractivity contribution is 7.99. The second kappa shape index (κ2) is 16.5. The van der Waals surface area contributed by atoms with Crippen molar-refractivity contribution in [3.63, 3.8) is 0 Å². The molecular formula is C34H38ClNO8S. The van der Waals surface area contributed by atoms with Crippen molar-refractivity contribution in [3.8, 4) is 40.7 Å². The first-order valence-corrected chi connectivity index (χ1v) is 15.8. The molecule has 0 saturated carbocycles. The number of halogens is 1. The van der Waals surface area contributed by atoms with Crippen LogP contribution < -0.4 is 23.7 Å². The molecule has 240 valence electrons. The molecule has 0 spiro atoms. The van der Waals surface area contributed by atoms with Crippen molar-refractivity contribution in [3.05, 3.63) is 70.2 Å². The van der Waals surface area contributed by atoms with Gasteiger partial charge in [0.25, 0.3) is 5.91 Å². The number of rotatable bonds is 13. The van der Waals surface area contributed by atoms with E-state index in [-0.39, 0.29) is 24.9 Å². The zero-order chi connectivity index (χ0) is 32.3. The number of thioether (sulfide) groups is 1. The lowest BCUT2D eigenvalue weighted by atomic mass is 9.91. The molecule has 0 radical (unpaired) electrons. The third kappa shape index (κ3) is 8.70. The highest BCUT2D eigenvalue weighted by Gasteiger charge is 2.31. The van der Waals surface area contributed by atoms with Crippen molar-refractivity contribution in [2.24, 2.45) is 0 Å². The summed E-state index contributed by atoms with van der Waals surface area (Å²) in [5.41, 5.74) is 2.71. The maximum atomic E-state index is 11.8. The molecule has 45 heavy (non-hydrogen) atoms. The van der Waals surface area contributed by atoms with E-state index >= 15 is 0 Å². The molecule has 3 aromatic carbocycles. The zero-order valence-electron chi connectivity index (χ0n) is 26.1. The van der Waals surface area contributed by atoms with Gasteiger partial charge in [-0.3, -0.25) is 10.0 Å². The lowest BCUT2D eigenvalue weighted by molar-refractivity contribution is -0.151. The van der Waals surface area contributed by atoms with Crippen molar-refractivity contribution in [1.82, 2.24) is 5.06 Å². The van der Waals surface area contributed by atoms with Crippen LogP contribution in [-0.4, -0.2) is 63.6 Å². The fraction of sp³-hybridized carbons (Fsp3) is 0.382. The Bertz CT molecular complexity index is 1500. The van der Waals surface area contributed by atoms with Gasteiger partial charge in [-0.15, -0.1) is 16.8 Å². The molecule has 11 heteroatoms. The fourth-order valence-corrected chi connectivity index (χ4v) is 5.86. The van der Waals surface area contributed by atoms with Gasteiger partial charge in [-0.2, -0.15) is 0 Å². The number of carbonyl (C=O) groups is 1. The molecule has 2 unspecified atom stereocenters. The highest BCUT2D eigenvalue weighted by Crippen LogP contribution is 2.46. The molecule has 1 heterocycles. The van der Waals surface area contributed by atoms with Crippen LogP contribution in [0.3, 0.4) is 0 Å². The van der Waals surface area contributed by atoms with E-state index in [1.165, 1.54) is 0 Å². The summed E-state index contributed by atoms with van der Waals surface area (Å²) in [6, 6.07) is 18.0. The third-order valence-corrected chi connectivity index (χ3v) is 8.54. The van der Waals surface area contributed by atoms with E-state index in [1.54, 1.807) is 47.1 Å². The lowest BCUT2D eigenvalue weighted by Gasteiger charge is -2.19. The van der Waals surface area contributed by atoms with Gasteiger partial charge in [-0.25, -0.2) is 0 Å². The van der Waals surface area contributed by atoms with Gasteiger partial charge in [0.05, 0.1) is 47.8 Å². The maximum absolute atomic E-state index is 11.8. The van der Waals surface area contributed by atoms with Crippen LogP contribution in [0.4, 0.5) is 0 Å². The van der Waals surface area contributed by atoms with Crippen molar-refractivity contribution in [1.29, 1.82) is 0 Å². The average molecular weight is 656 g/mol. The van der Waals surface area contributed by atoms with E-state index in [4.69, 9.17) is 40.0 Å². The van der Waals surface area contributed by atoms with Crippen molar-refractivity contribution < 1.29 is 38.4 Å². The Morgan fingerprint density at radius 3 is 2.24 bits per heavy atom. The van der Waals surface area contributed by atoms with E-state index in [9.17, 15) is 10.0 Å². The number of hydrogen-bond acceptors (Lipinski definition) is 9. The van der Waals surface area contributed by atoms with Crippen LogP contribution in [-0.2, 0) is 16.0 Å². The number of methoxy groups -OCH3 is 4. The molecular weight excluding hydrogens is 618 g/mol. The summed E-state index contributed by atoms with van der Waals surface area (Å²) in [5, 5.41) is 11.1. The number of ether oxygens (including phenoxy) is 6. The van der Waals surface area contributed by atoms with Gasteiger partial charge >= 0.3 is 0 Å². The minimum Gasteiger partial charge on any atom is -0.493 e. The van der Waals surface area contributed by atoms with Crippen molar-refractivity contribution in [2.45, 2.75) is 43.1 Å². The standard InChI is InChI=1S/C34H38ClNO8S/c1-6-32(37)36(38)13-7-8-22-16-23(17-29(39-2)33(22)43-14-15-45-27-11-9-26(35)10-12-27)25-20-28(44-21-25)24-18-30(40-3)34(42-5)31(19-24)41-4/h9-12,16-19,25,28,38H,6,8,14-15,20-21H2,1-5H3. The van der Waals surface area contributed by atoms with Gasteiger partial charge in [0, 0.05) is 46.0 Å². The van der Waals surface area contributed by atoms with Crippen molar-refractivity contribution >= 4 is 29.3 Å². The average Bonchev–Trinajstić information content (AvgIpc) is 3.57. The number of nitrogens with zero attached hydrogens (tertiary/aromatic N) is 1. The Balaban J connectivity index is 1.57. The SMILES string of the molecule is CCC(=O)N(O)C#CCc1cc(C2COC(c3cc(OC)c(OC)c(OC)c3)C2)cc(OC)c1OCCSc1ccc(Cl)cc1. The normalized spacial score (nSPS) is 15.5. The first-order valence-electron chi connectivity index (χ1n) is 14.5. The molecule has 3 aromatic rings. The molecule has 2 atom stereocenters. The molecule has 1 N–H and O–H groups in total. The first-order chi connectivity index (χ1) is 21.8. The fourth-order valence-electron chi connectivity index (χ4n) is 5.00. The summed E-state index contributed by atoms with van der Waals surface area (Å²) in [7, 11) is 6.35. The van der Waals surface area contributed by atoms with Gasteiger partial charge < -0.3 is 28.4 Å². The third-order valence-electron chi connectivity index (χ3n) is 7.32. The van der Waals surface area contributed by atoms with Crippen molar-refractivity contribution in [2.75, 3.05) is 47.4 Å². The Kier molecular flexibility index (Phi) is 12.5. The molecule has 0 bridgehead atoms. The Morgan fingerprint density at radius 2 is 1.62 bits per heavy atom. The number of hydrogen-bond donors (Lipinski definition) is 1. The summed E-state index contributed by atoms with van der Waals surface area (Å²) in [6.07, 6.45) is 0.882. The molecule has 0 aromatic heterocycles. The molecule has 4 rings (SSSR count). The molecule has 1 aliphatic rings. The summed E-state index contributed by atoms with van der Waals surface area (Å²) in [5.74, 6) is 5.97. The molecule has 1 aliphatic heterocycles. The van der Waals surface area contributed by atoms with Gasteiger partial charge in [0.2, 0.25) is 5.75 Å². The Morgan fingerprint density at radius 1 is 0.978 bits per heavy atom. The first kappa shape index (κ1) is 34.1. The topological polar surface area (TPSA) is 95.9 Å². The summed E-state index contributed by atoms with van der Waals surface area (Å²) >= 11 is 7.66. The molecule has 1 amide bonds. The minimum absolute atomic E-state index is 0.0558. The largest absolute Gasteiger partial charge is 0.493 e. The van der Waals surface area contributed by atoms with Gasteiger partial charge in [0.15, 0.2) is 23.0 Å². The highest BCUT2D eigenvalue weighted by atomic mass is 35.5.